The van der Waals surface area contributed by atoms with Crippen LogP contribution < -0.4 is 11.1 Å². The number of nitrogens with one attached hydrogen (secondary N) is 1. The summed E-state index contributed by atoms with van der Waals surface area (Å²) in [6.45, 7) is 4.83. The summed E-state index contributed by atoms with van der Waals surface area (Å²) < 4.78 is 0. The van der Waals surface area contributed by atoms with Crippen LogP contribution in [-0.2, 0) is 11.2 Å². The van der Waals surface area contributed by atoms with E-state index < -0.39 is 0 Å². The van der Waals surface area contributed by atoms with Gasteiger partial charge in [0.15, 0.2) is 5.78 Å². The molecular weight excluding hydrogens is 336 g/mol. The first-order valence-electron chi connectivity index (χ1n) is 9.07. The molecule has 0 bridgehead atoms. The van der Waals surface area contributed by atoms with E-state index in [-0.39, 0.29) is 42.5 Å². The maximum Gasteiger partial charge on any atom is 0.220 e. The van der Waals surface area contributed by atoms with Gasteiger partial charge >= 0.3 is 0 Å². The van der Waals surface area contributed by atoms with Gasteiger partial charge in [0.25, 0.3) is 0 Å². The van der Waals surface area contributed by atoms with E-state index in [4.69, 9.17) is 5.73 Å². The van der Waals surface area contributed by atoms with Crippen LogP contribution in [0.4, 0.5) is 0 Å². The fourth-order valence-electron chi connectivity index (χ4n) is 3.46. The molecule has 1 aliphatic carbocycles. The first-order valence-corrected chi connectivity index (χ1v) is 9.07. The van der Waals surface area contributed by atoms with Crippen molar-refractivity contribution in [3.8, 4) is 0 Å². The molecule has 0 radical (unpaired) electrons. The summed E-state index contributed by atoms with van der Waals surface area (Å²) in [5.41, 5.74) is 7.52. The standard InChI is InChI=1S/C20H30N2O2.ClH/c1-15(2)13-16-5-7-17(8-6-16)18(23)9-10-19(24)22-20(14-21)11-3-4-12-20;/h5-8,15H,3-4,9-14,21H2,1-2H3,(H,22,24);1H. The Kier molecular flexibility index (Phi) is 8.60. The number of halogens is 1. The fourth-order valence-corrected chi connectivity index (χ4v) is 3.46. The zero-order chi connectivity index (χ0) is 17.6. The van der Waals surface area contributed by atoms with E-state index in [1.807, 2.05) is 24.3 Å². The van der Waals surface area contributed by atoms with E-state index in [1.165, 1.54) is 5.56 Å². The third kappa shape index (κ3) is 6.44. The summed E-state index contributed by atoms with van der Waals surface area (Å²) in [5.74, 6) is 0.558. The molecule has 1 aromatic rings. The maximum atomic E-state index is 12.3. The van der Waals surface area contributed by atoms with E-state index >= 15 is 0 Å². The largest absolute Gasteiger partial charge is 0.349 e. The molecule has 0 spiro atoms. The van der Waals surface area contributed by atoms with Crippen molar-refractivity contribution >= 4 is 24.1 Å². The third-order valence-corrected chi connectivity index (χ3v) is 4.85. The number of hydrogen-bond donors (Lipinski definition) is 2. The van der Waals surface area contributed by atoms with Crippen LogP contribution in [0.1, 0.15) is 68.3 Å². The summed E-state index contributed by atoms with van der Waals surface area (Å²) in [6, 6.07) is 7.76. The van der Waals surface area contributed by atoms with E-state index in [0.29, 0.717) is 18.0 Å². The molecule has 1 aliphatic rings. The van der Waals surface area contributed by atoms with Crippen LogP contribution in [0.5, 0.6) is 0 Å². The highest BCUT2D eigenvalue weighted by atomic mass is 35.5. The van der Waals surface area contributed by atoms with Gasteiger partial charge in [-0.2, -0.15) is 0 Å². The molecule has 4 nitrogen and oxygen atoms in total. The summed E-state index contributed by atoms with van der Waals surface area (Å²) >= 11 is 0. The number of amides is 1. The molecule has 1 saturated carbocycles. The maximum absolute atomic E-state index is 12.3. The van der Waals surface area contributed by atoms with Crippen LogP contribution in [0, 0.1) is 5.92 Å². The molecule has 0 unspecified atom stereocenters. The Hall–Kier alpha value is -1.39. The molecule has 0 heterocycles. The Labute approximate surface area is 157 Å². The molecule has 1 fully saturated rings. The highest BCUT2D eigenvalue weighted by molar-refractivity contribution is 5.98. The second-order valence-corrected chi connectivity index (χ2v) is 7.46. The van der Waals surface area contributed by atoms with Gasteiger partial charge in [-0.15, -0.1) is 12.4 Å². The van der Waals surface area contributed by atoms with Gasteiger partial charge in [-0.25, -0.2) is 0 Å². The Bertz CT molecular complexity index is 564. The number of rotatable bonds is 8. The van der Waals surface area contributed by atoms with Crippen LogP contribution in [0.15, 0.2) is 24.3 Å². The number of benzene rings is 1. The molecule has 1 aromatic carbocycles. The lowest BCUT2D eigenvalue weighted by Gasteiger charge is -2.28. The van der Waals surface area contributed by atoms with E-state index in [9.17, 15) is 9.59 Å². The monoisotopic (exact) mass is 366 g/mol. The first-order chi connectivity index (χ1) is 11.4. The molecule has 0 aliphatic heterocycles. The van der Waals surface area contributed by atoms with Crippen molar-refractivity contribution in [2.24, 2.45) is 11.7 Å². The van der Waals surface area contributed by atoms with Gasteiger partial charge in [-0.1, -0.05) is 51.0 Å². The average Bonchev–Trinajstić information content (AvgIpc) is 3.02. The van der Waals surface area contributed by atoms with Crippen LogP contribution >= 0.6 is 12.4 Å². The van der Waals surface area contributed by atoms with Crippen molar-refractivity contribution < 1.29 is 9.59 Å². The SMILES string of the molecule is CC(C)Cc1ccc(C(=O)CCC(=O)NC2(CN)CCCC2)cc1.Cl. The third-order valence-electron chi connectivity index (χ3n) is 4.85. The van der Waals surface area contributed by atoms with Crippen LogP contribution in [0.3, 0.4) is 0 Å². The highest BCUT2D eigenvalue weighted by Crippen LogP contribution is 2.28. The summed E-state index contributed by atoms with van der Waals surface area (Å²) in [7, 11) is 0. The molecule has 25 heavy (non-hydrogen) atoms. The molecule has 5 heteroatoms. The molecule has 140 valence electrons. The normalized spacial score (nSPS) is 15.7. The average molecular weight is 367 g/mol. The van der Waals surface area contributed by atoms with Crippen molar-refractivity contribution in [3.05, 3.63) is 35.4 Å². The van der Waals surface area contributed by atoms with E-state index in [2.05, 4.69) is 19.2 Å². The van der Waals surface area contributed by atoms with Crippen molar-refractivity contribution in [2.45, 2.75) is 64.3 Å². The Morgan fingerprint density at radius 1 is 1.12 bits per heavy atom. The molecule has 0 aromatic heterocycles. The van der Waals surface area contributed by atoms with Crippen LogP contribution in [-0.4, -0.2) is 23.8 Å². The number of ketones is 1. The minimum absolute atomic E-state index is 0. The second-order valence-electron chi connectivity index (χ2n) is 7.46. The quantitative estimate of drug-likeness (QED) is 0.689. The fraction of sp³-hybridized carbons (Fsp3) is 0.600. The highest BCUT2D eigenvalue weighted by Gasteiger charge is 2.33. The smallest absolute Gasteiger partial charge is 0.220 e. The van der Waals surface area contributed by atoms with Gasteiger partial charge in [0, 0.05) is 24.9 Å². The summed E-state index contributed by atoms with van der Waals surface area (Å²) in [4.78, 5) is 24.4. The number of nitrogens with two attached hydrogens (primary N) is 1. The van der Waals surface area contributed by atoms with Crippen LogP contribution in [0.25, 0.3) is 0 Å². The minimum Gasteiger partial charge on any atom is -0.349 e. The van der Waals surface area contributed by atoms with Gasteiger partial charge in [0.2, 0.25) is 5.91 Å². The second kappa shape index (κ2) is 9.93. The Morgan fingerprint density at radius 2 is 1.72 bits per heavy atom. The van der Waals surface area contributed by atoms with Gasteiger partial charge in [-0.05, 0) is 30.7 Å². The molecular formula is C20H31ClN2O2. The van der Waals surface area contributed by atoms with Crippen molar-refractivity contribution in [2.75, 3.05) is 6.54 Å². The molecule has 0 saturated heterocycles. The van der Waals surface area contributed by atoms with Gasteiger partial charge in [0.1, 0.15) is 0 Å². The predicted molar refractivity (Wildman–Crippen MR) is 104 cm³/mol. The topological polar surface area (TPSA) is 72.2 Å². The zero-order valence-electron chi connectivity index (χ0n) is 15.3. The Balaban J connectivity index is 0.00000312. The van der Waals surface area contributed by atoms with Crippen molar-refractivity contribution in [1.82, 2.24) is 5.32 Å². The number of hydrogen-bond acceptors (Lipinski definition) is 3. The van der Waals surface area contributed by atoms with Crippen molar-refractivity contribution in [1.29, 1.82) is 0 Å². The van der Waals surface area contributed by atoms with E-state index in [0.717, 1.165) is 32.1 Å². The molecule has 2 rings (SSSR count). The minimum atomic E-state index is -0.237. The first kappa shape index (κ1) is 21.7. The molecule has 0 atom stereocenters. The van der Waals surface area contributed by atoms with Gasteiger partial charge in [0.05, 0.1) is 5.54 Å². The lowest BCUT2D eigenvalue weighted by atomic mass is 9.97. The molecule has 3 N–H and O–H groups in total. The number of Topliss-reactive ketones (excluding diaryl/α,β-unsaturated/α-hetero) is 1. The summed E-state index contributed by atoms with van der Waals surface area (Å²) in [5, 5.41) is 3.06. The van der Waals surface area contributed by atoms with E-state index in [1.54, 1.807) is 0 Å². The van der Waals surface area contributed by atoms with Crippen molar-refractivity contribution in [3.63, 3.8) is 0 Å². The number of carbonyl (C=O) groups is 2. The van der Waals surface area contributed by atoms with Crippen LogP contribution in [0.2, 0.25) is 0 Å². The lowest BCUT2D eigenvalue weighted by molar-refractivity contribution is -0.122. The van der Waals surface area contributed by atoms with Gasteiger partial charge < -0.3 is 11.1 Å². The predicted octanol–water partition coefficient (Wildman–Crippen LogP) is 3.66. The molecule has 1 amide bonds. The van der Waals surface area contributed by atoms with Gasteiger partial charge in [-0.3, -0.25) is 9.59 Å². The lowest BCUT2D eigenvalue weighted by Crippen LogP contribution is -2.51. The number of carbonyl (C=O) groups excluding carboxylic acids is 2. The zero-order valence-corrected chi connectivity index (χ0v) is 16.2. The Morgan fingerprint density at radius 3 is 2.24 bits per heavy atom. The summed E-state index contributed by atoms with van der Waals surface area (Å²) in [6.07, 6.45) is 5.60.